The third-order valence-electron chi connectivity index (χ3n) is 2.70. The van der Waals surface area contributed by atoms with E-state index in [1.807, 2.05) is 20.8 Å². The summed E-state index contributed by atoms with van der Waals surface area (Å²) in [5.74, 6) is -1.36. The molecule has 1 rings (SSSR count). The molecule has 1 aromatic rings. The quantitative estimate of drug-likeness (QED) is 0.858. The highest BCUT2D eigenvalue weighted by Gasteiger charge is 2.35. The van der Waals surface area contributed by atoms with E-state index in [0.29, 0.717) is 6.07 Å². The van der Waals surface area contributed by atoms with Crippen LogP contribution in [-0.4, -0.2) is 12.6 Å². The van der Waals surface area contributed by atoms with E-state index in [1.165, 1.54) is 6.07 Å². The Morgan fingerprint density at radius 1 is 1.21 bits per heavy atom. The third kappa shape index (κ3) is 4.09. The van der Waals surface area contributed by atoms with Crippen LogP contribution in [0.15, 0.2) is 18.2 Å². The topological polar surface area (TPSA) is 35.2 Å². The summed E-state index contributed by atoms with van der Waals surface area (Å²) in [5, 5.41) is 0. The molecule has 1 atom stereocenters. The molecule has 0 bridgehead atoms. The van der Waals surface area contributed by atoms with E-state index < -0.39 is 23.7 Å². The lowest BCUT2D eigenvalue weighted by Crippen LogP contribution is -2.38. The van der Waals surface area contributed by atoms with E-state index in [0.717, 1.165) is 6.07 Å². The first-order chi connectivity index (χ1) is 8.55. The van der Waals surface area contributed by atoms with E-state index >= 15 is 0 Å². The summed E-state index contributed by atoms with van der Waals surface area (Å²) in [7, 11) is 0. The smallest absolute Gasteiger partial charge is 0.419 e. The van der Waals surface area contributed by atoms with Gasteiger partial charge in [0.15, 0.2) is 0 Å². The fraction of sp³-hybridized carbons (Fsp3) is 0.538. The maximum Gasteiger partial charge on any atom is 0.419 e. The zero-order valence-electron chi connectivity index (χ0n) is 11.0. The van der Waals surface area contributed by atoms with Crippen LogP contribution in [0.3, 0.4) is 0 Å². The molecule has 0 saturated carbocycles. The molecule has 2 N–H and O–H groups in total. The molecular weight excluding hydrogens is 262 g/mol. The van der Waals surface area contributed by atoms with Gasteiger partial charge in [-0.1, -0.05) is 20.8 Å². The van der Waals surface area contributed by atoms with Crippen LogP contribution in [0.4, 0.5) is 17.6 Å². The number of ether oxygens (including phenoxy) is 1. The average Bonchev–Trinajstić information content (AvgIpc) is 2.24. The van der Waals surface area contributed by atoms with Crippen molar-refractivity contribution < 1.29 is 22.3 Å². The predicted molar refractivity (Wildman–Crippen MR) is 64.3 cm³/mol. The molecule has 0 aromatic heterocycles. The Bertz CT molecular complexity index is 437. The lowest BCUT2D eigenvalue weighted by molar-refractivity contribution is -0.140. The van der Waals surface area contributed by atoms with Crippen molar-refractivity contribution in [3.8, 4) is 5.75 Å². The molecule has 19 heavy (non-hydrogen) atoms. The Kier molecular flexibility index (Phi) is 4.45. The van der Waals surface area contributed by atoms with Crippen molar-refractivity contribution in [1.29, 1.82) is 0 Å². The molecular formula is C13H17F4NO. The van der Waals surface area contributed by atoms with E-state index in [-0.39, 0.29) is 17.7 Å². The molecule has 108 valence electrons. The van der Waals surface area contributed by atoms with Crippen LogP contribution in [0, 0.1) is 11.2 Å². The lowest BCUT2D eigenvalue weighted by atomic mass is 9.89. The standard InChI is InChI=1S/C13H17F4NO/c1-12(2,3)11(7-18)19-8-4-5-10(14)9(6-8)13(15,16)17/h4-6,11H,7,18H2,1-3H3. The summed E-state index contributed by atoms with van der Waals surface area (Å²) >= 11 is 0. The highest BCUT2D eigenvalue weighted by atomic mass is 19.4. The minimum Gasteiger partial charge on any atom is -0.489 e. The van der Waals surface area contributed by atoms with Crippen LogP contribution in [0.5, 0.6) is 5.75 Å². The van der Waals surface area contributed by atoms with Gasteiger partial charge in [0, 0.05) is 12.0 Å². The van der Waals surface area contributed by atoms with E-state index in [9.17, 15) is 17.6 Å². The van der Waals surface area contributed by atoms with Crippen molar-refractivity contribution in [2.45, 2.75) is 33.1 Å². The van der Waals surface area contributed by atoms with Gasteiger partial charge in [0.1, 0.15) is 17.7 Å². The Balaban J connectivity index is 3.04. The summed E-state index contributed by atoms with van der Waals surface area (Å²) in [4.78, 5) is 0. The van der Waals surface area contributed by atoms with Gasteiger partial charge in [0.05, 0.1) is 5.56 Å². The zero-order valence-corrected chi connectivity index (χ0v) is 11.0. The van der Waals surface area contributed by atoms with Crippen molar-refractivity contribution in [3.05, 3.63) is 29.6 Å². The summed E-state index contributed by atoms with van der Waals surface area (Å²) < 4.78 is 56.2. The summed E-state index contributed by atoms with van der Waals surface area (Å²) in [6, 6.07) is 2.57. The van der Waals surface area contributed by atoms with Crippen LogP contribution < -0.4 is 10.5 Å². The van der Waals surface area contributed by atoms with Gasteiger partial charge in [-0.05, 0) is 18.2 Å². The second kappa shape index (κ2) is 5.36. The molecule has 1 aromatic carbocycles. The first kappa shape index (κ1) is 15.8. The van der Waals surface area contributed by atoms with Crippen molar-refractivity contribution in [2.24, 2.45) is 11.1 Å². The molecule has 0 aliphatic carbocycles. The maximum atomic E-state index is 13.1. The Hall–Kier alpha value is -1.30. The Morgan fingerprint density at radius 2 is 1.79 bits per heavy atom. The number of alkyl halides is 3. The van der Waals surface area contributed by atoms with Gasteiger partial charge < -0.3 is 10.5 Å². The molecule has 0 aliphatic heterocycles. The summed E-state index contributed by atoms with van der Waals surface area (Å²) in [5.41, 5.74) is 3.87. The van der Waals surface area contributed by atoms with Gasteiger partial charge in [-0.2, -0.15) is 13.2 Å². The molecule has 0 heterocycles. The molecule has 0 amide bonds. The number of benzene rings is 1. The van der Waals surface area contributed by atoms with Gasteiger partial charge in [0.2, 0.25) is 0 Å². The zero-order chi connectivity index (χ0) is 14.8. The van der Waals surface area contributed by atoms with Gasteiger partial charge >= 0.3 is 6.18 Å². The highest BCUT2D eigenvalue weighted by Crippen LogP contribution is 2.34. The van der Waals surface area contributed by atoms with E-state index in [1.54, 1.807) is 0 Å². The molecule has 0 spiro atoms. The average molecular weight is 279 g/mol. The fourth-order valence-corrected chi connectivity index (χ4v) is 1.54. The number of halogens is 4. The van der Waals surface area contributed by atoms with Crippen LogP contribution in [0.25, 0.3) is 0 Å². The van der Waals surface area contributed by atoms with Gasteiger partial charge in [0.25, 0.3) is 0 Å². The molecule has 6 heteroatoms. The summed E-state index contributed by atoms with van der Waals surface area (Å²) in [6.45, 7) is 5.73. The SMILES string of the molecule is CC(C)(C)C(CN)Oc1ccc(F)c(C(F)(F)F)c1. The minimum absolute atomic E-state index is 0.0425. The lowest BCUT2D eigenvalue weighted by Gasteiger charge is -2.30. The minimum atomic E-state index is -4.75. The second-order valence-electron chi connectivity index (χ2n) is 5.35. The van der Waals surface area contributed by atoms with Crippen LogP contribution in [0.1, 0.15) is 26.3 Å². The van der Waals surface area contributed by atoms with Crippen molar-refractivity contribution in [2.75, 3.05) is 6.54 Å². The molecule has 2 nitrogen and oxygen atoms in total. The van der Waals surface area contributed by atoms with Gasteiger partial charge in [-0.25, -0.2) is 4.39 Å². The maximum absolute atomic E-state index is 13.1. The van der Waals surface area contributed by atoms with Crippen LogP contribution in [0.2, 0.25) is 0 Å². The third-order valence-corrected chi connectivity index (χ3v) is 2.70. The number of hydrogen-bond donors (Lipinski definition) is 1. The Labute approximate surface area is 109 Å². The van der Waals surface area contributed by atoms with Crippen LogP contribution >= 0.6 is 0 Å². The van der Waals surface area contributed by atoms with Crippen LogP contribution in [-0.2, 0) is 6.18 Å². The highest BCUT2D eigenvalue weighted by molar-refractivity contribution is 5.32. The van der Waals surface area contributed by atoms with Crippen molar-refractivity contribution in [3.63, 3.8) is 0 Å². The molecule has 0 saturated heterocycles. The monoisotopic (exact) mass is 279 g/mol. The van der Waals surface area contributed by atoms with E-state index in [4.69, 9.17) is 10.5 Å². The van der Waals surface area contributed by atoms with Crippen molar-refractivity contribution in [1.82, 2.24) is 0 Å². The fourth-order valence-electron chi connectivity index (χ4n) is 1.54. The first-order valence-electron chi connectivity index (χ1n) is 5.79. The van der Waals surface area contributed by atoms with Crippen molar-refractivity contribution >= 4 is 0 Å². The second-order valence-corrected chi connectivity index (χ2v) is 5.35. The Morgan fingerprint density at radius 3 is 2.21 bits per heavy atom. The molecule has 0 fully saturated rings. The molecule has 1 unspecified atom stereocenters. The number of rotatable bonds is 3. The molecule has 0 aliphatic rings. The molecule has 0 radical (unpaired) electrons. The summed E-state index contributed by atoms with van der Waals surface area (Å²) in [6.07, 6.45) is -5.21. The largest absolute Gasteiger partial charge is 0.489 e. The number of hydrogen-bond acceptors (Lipinski definition) is 2. The normalized spacial score (nSPS) is 14.3. The van der Waals surface area contributed by atoms with E-state index in [2.05, 4.69) is 0 Å². The predicted octanol–water partition coefficient (Wildman–Crippen LogP) is 3.60. The van der Waals surface area contributed by atoms with Gasteiger partial charge in [-0.15, -0.1) is 0 Å². The van der Waals surface area contributed by atoms with Gasteiger partial charge in [-0.3, -0.25) is 0 Å². The number of nitrogens with two attached hydrogens (primary N) is 1. The first-order valence-corrected chi connectivity index (χ1v) is 5.79.